The quantitative estimate of drug-likeness (QED) is 0.187. The minimum absolute atomic E-state index is 0.00931. The summed E-state index contributed by atoms with van der Waals surface area (Å²) in [4.78, 5) is 14.4. The first-order chi connectivity index (χ1) is 26.8. The standard InChI is InChI=1S/C45H28N4O/c1-3-12-29(13-4-1)32-16-11-17-33(26-32)45-47-43(30-14-5-2-6-15-30)46-44(48-45)31-22-24-34(25-23-31)49-39-20-9-7-18-35(39)37-28-42-38(27-40(37)49)36-19-8-10-21-41(36)50-42/h1-28H/i2D,5D,6D,14D,15D. The molecule has 0 N–H and O–H groups in total. The van der Waals surface area contributed by atoms with Crippen LogP contribution in [-0.2, 0) is 0 Å². The molecule has 0 bridgehead atoms. The highest BCUT2D eigenvalue weighted by molar-refractivity contribution is 6.17. The molecule has 0 amide bonds. The molecular formula is C45H28N4O. The number of benzene rings is 7. The number of hydrogen-bond donors (Lipinski definition) is 0. The number of furan rings is 1. The lowest BCUT2D eigenvalue weighted by molar-refractivity contribution is 0.669. The number of aromatic nitrogens is 4. The number of nitrogens with zero attached hydrogens (tertiary/aromatic N) is 4. The zero-order valence-electron chi connectivity index (χ0n) is 31.5. The molecule has 0 unspecified atom stereocenters. The van der Waals surface area contributed by atoms with E-state index in [1.165, 1.54) is 0 Å². The van der Waals surface area contributed by atoms with E-state index < -0.39 is 18.1 Å². The smallest absolute Gasteiger partial charge is 0.164 e. The molecule has 0 saturated heterocycles. The Balaban J connectivity index is 1.15. The number of fused-ring (bicyclic) bond motifs is 6. The number of para-hydroxylation sites is 2. The zero-order chi connectivity index (χ0) is 37.4. The van der Waals surface area contributed by atoms with Crippen molar-refractivity contribution in [2.75, 3.05) is 0 Å². The Morgan fingerprint density at radius 3 is 1.90 bits per heavy atom. The summed E-state index contributed by atoms with van der Waals surface area (Å²) in [5.74, 6) is 0.606. The van der Waals surface area contributed by atoms with Gasteiger partial charge in [0.2, 0.25) is 0 Å². The highest BCUT2D eigenvalue weighted by Gasteiger charge is 2.17. The van der Waals surface area contributed by atoms with Crippen molar-refractivity contribution in [2.45, 2.75) is 0 Å². The molecule has 7 aromatic carbocycles. The van der Waals surface area contributed by atoms with E-state index in [0.717, 1.165) is 60.6 Å². The third-order valence-corrected chi connectivity index (χ3v) is 9.14. The summed E-state index contributed by atoms with van der Waals surface area (Å²) < 4.78 is 50.7. The molecule has 0 atom stereocenters. The largest absolute Gasteiger partial charge is 0.456 e. The van der Waals surface area contributed by atoms with E-state index in [2.05, 4.69) is 34.9 Å². The maximum absolute atomic E-state index is 8.71. The first-order valence-electron chi connectivity index (χ1n) is 18.8. The SMILES string of the molecule is [2H]c1c([2H])c([2H])c(-c2nc(-c3ccc(-n4c5ccccc5c5cc6oc7ccccc7c6cc54)cc3)nc(-c3cccc(-c4ccccc4)c3)n2)c([2H])c1[2H]. The van der Waals surface area contributed by atoms with E-state index in [4.69, 9.17) is 26.2 Å². The van der Waals surface area contributed by atoms with Gasteiger partial charge in [0.05, 0.1) is 17.9 Å². The molecule has 0 aliphatic rings. The molecule has 50 heavy (non-hydrogen) atoms. The van der Waals surface area contributed by atoms with Crippen molar-refractivity contribution in [1.82, 2.24) is 19.5 Å². The lowest BCUT2D eigenvalue weighted by Gasteiger charge is -2.11. The predicted molar refractivity (Wildman–Crippen MR) is 203 cm³/mol. The summed E-state index contributed by atoms with van der Waals surface area (Å²) in [6.45, 7) is 0. The van der Waals surface area contributed by atoms with Gasteiger partial charge in [-0.05, 0) is 65.7 Å². The van der Waals surface area contributed by atoms with Gasteiger partial charge >= 0.3 is 0 Å². The van der Waals surface area contributed by atoms with Gasteiger partial charge < -0.3 is 8.98 Å². The monoisotopic (exact) mass is 645 g/mol. The Morgan fingerprint density at radius 1 is 0.420 bits per heavy atom. The van der Waals surface area contributed by atoms with Crippen molar-refractivity contribution < 1.29 is 11.3 Å². The second kappa shape index (κ2) is 11.4. The maximum Gasteiger partial charge on any atom is 0.164 e. The van der Waals surface area contributed by atoms with Crippen molar-refractivity contribution >= 4 is 43.7 Å². The fraction of sp³-hybridized carbons (Fsp3) is 0. The van der Waals surface area contributed by atoms with E-state index in [9.17, 15) is 0 Å². The summed E-state index contributed by atoms with van der Waals surface area (Å²) in [7, 11) is 0. The van der Waals surface area contributed by atoms with Crippen LogP contribution in [0.4, 0.5) is 0 Å². The molecule has 0 saturated carbocycles. The topological polar surface area (TPSA) is 56.7 Å². The van der Waals surface area contributed by atoms with Crippen LogP contribution in [0, 0.1) is 0 Å². The van der Waals surface area contributed by atoms with Crippen LogP contribution >= 0.6 is 0 Å². The lowest BCUT2D eigenvalue weighted by atomic mass is 10.0. The predicted octanol–water partition coefficient (Wildman–Crippen LogP) is 11.5. The van der Waals surface area contributed by atoms with Gasteiger partial charge in [-0.25, -0.2) is 15.0 Å². The molecule has 10 aromatic rings. The Bertz CT molecular complexity index is 3130. The Morgan fingerprint density at radius 2 is 1.08 bits per heavy atom. The van der Waals surface area contributed by atoms with Crippen LogP contribution < -0.4 is 0 Å². The van der Waals surface area contributed by atoms with E-state index in [1.54, 1.807) is 0 Å². The molecule has 0 radical (unpaired) electrons. The molecule has 3 heterocycles. The molecule has 0 fully saturated rings. The molecule has 5 nitrogen and oxygen atoms in total. The molecular weight excluding hydrogens is 613 g/mol. The van der Waals surface area contributed by atoms with Gasteiger partial charge in [-0.3, -0.25) is 0 Å². The molecule has 0 aliphatic carbocycles. The number of rotatable bonds is 5. The zero-order valence-corrected chi connectivity index (χ0v) is 26.5. The summed E-state index contributed by atoms with van der Waals surface area (Å²) in [6.07, 6.45) is 0. The van der Waals surface area contributed by atoms with Crippen LogP contribution in [-0.4, -0.2) is 19.5 Å². The van der Waals surface area contributed by atoms with Gasteiger partial charge in [0, 0.05) is 43.9 Å². The highest BCUT2D eigenvalue weighted by Crippen LogP contribution is 2.38. The normalized spacial score (nSPS) is 13.0. The van der Waals surface area contributed by atoms with E-state index >= 15 is 0 Å². The maximum atomic E-state index is 8.71. The minimum atomic E-state index is -0.480. The fourth-order valence-electron chi connectivity index (χ4n) is 6.80. The summed E-state index contributed by atoms with van der Waals surface area (Å²) in [6, 6.07) is 44.2. The molecule has 234 valence electrons. The third-order valence-electron chi connectivity index (χ3n) is 9.14. The van der Waals surface area contributed by atoms with Crippen molar-refractivity contribution in [3.8, 4) is 51.0 Å². The summed E-state index contributed by atoms with van der Waals surface area (Å²) >= 11 is 0. The van der Waals surface area contributed by atoms with Crippen LogP contribution in [0.2, 0.25) is 0 Å². The second-order valence-electron chi connectivity index (χ2n) is 12.1. The van der Waals surface area contributed by atoms with Crippen LogP contribution in [0.5, 0.6) is 0 Å². The van der Waals surface area contributed by atoms with Gasteiger partial charge in [0.15, 0.2) is 17.5 Å². The fourth-order valence-corrected chi connectivity index (χ4v) is 6.80. The van der Waals surface area contributed by atoms with Gasteiger partial charge in [0.1, 0.15) is 11.2 Å². The van der Waals surface area contributed by atoms with Gasteiger partial charge in [-0.15, -0.1) is 0 Å². The van der Waals surface area contributed by atoms with Crippen molar-refractivity contribution in [1.29, 1.82) is 0 Å². The summed E-state index contributed by atoms with van der Waals surface area (Å²) in [5.41, 5.74) is 7.95. The Kier molecular flexibility index (Phi) is 5.35. The molecule has 10 rings (SSSR count). The van der Waals surface area contributed by atoms with Crippen molar-refractivity contribution in [2.24, 2.45) is 0 Å². The molecule has 5 heteroatoms. The van der Waals surface area contributed by atoms with Crippen LogP contribution in [0.25, 0.3) is 94.7 Å². The average molecular weight is 646 g/mol. The second-order valence-corrected chi connectivity index (χ2v) is 12.1. The molecule has 0 spiro atoms. The first kappa shape index (κ1) is 23.5. The van der Waals surface area contributed by atoms with E-state index in [1.807, 2.05) is 109 Å². The summed E-state index contributed by atoms with van der Waals surface area (Å²) in [5, 5.41) is 4.28. The van der Waals surface area contributed by atoms with Crippen LogP contribution in [0.15, 0.2) is 174 Å². The van der Waals surface area contributed by atoms with E-state index in [0.29, 0.717) is 22.8 Å². The Labute approximate surface area is 294 Å². The Hall–Kier alpha value is -6.85. The highest BCUT2D eigenvalue weighted by atomic mass is 16.3. The van der Waals surface area contributed by atoms with Gasteiger partial charge in [0.25, 0.3) is 0 Å². The number of hydrogen-bond acceptors (Lipinski definition) is 4. The van der Waals surface area contributed by atoms with Crippen LogP contribution in [0.3, 0.4) is 0 Å². The van der Waals surface area contributed by atoms with Gasteiger partial charge in [-0.2, -0.15) is 0 Å². The average Bonchev–Trinajstić information content (AvgIpc) is 3.76. The first-order valence-corrected chi connectivity index (χ1v) is 16.3. The van der Waals surface area contributed by atoms with E-state index in [-0.39, 0.29) is 23.5 Å². The lowest BCUT2D eigenvalue weighted by Crippen LogP contribution is -2.00. The third kappa shape index (κ3) is 4.67. The minimum Gasteiger partial charge on any atom is -0.456 e. The molecule has 3 aromatic heterocycles. The molecule has 0 aliphatic heterocycles. The van der Waals surface area contributed by atoms with Crippen LogP contribution in [0.1, 0.15) is 6.85 Å². The van der Waals surface area contributed by atoms with Crippen molar-refractivity contribution in [3.05, 3.63) is 170 Å². The van der Waals surface area contributed by atoms with Gasteiger partial charge in [-0.1, -0.05) is 115 Å². The van der Waals surface area contributed by atoms with Crippen molar-refractivity contribution in [3.63, 3.8) is 0 Å².